The molecule has 1 aromatic heterocycles. The summed E-state index contributed by atoms with van der Waals surface area (Å²) in [5.41, 5.74) is 5.59. The lowest BCUT2D eigenvalue weighted by atomic mass is 10.4. The molecule has 1 aliphatic heterocycles. The molecule has 0 spiro atoms. The van der Waals surface area contributed by atoms with Gasteiger partial charge in [-0.05, 0) is 6.42 Å². The summed E-state index contributed by atoms with van der Waals surface area (Å²) in [5, 5.41) is 0. The molecule has 1 saturated heterocycles. The molecular weight excluding hydrogens is 206 g/mol. The third-order valence-electron chi connectivity index (χ3n) is 2.67. The summed E-state index contributed by atoms with van der Waals surface area (Å²) in [7, 11) is 1.82. The van der Waals surface area contributed by atoms with Crippen molar-refractivity contribution in [3.05, 3.63) is 12.4 Å². The third kappa shape index (κ3) is 2.21. The number of nitrogens with two attached hydrogens (primary N) is 1. The molecule has 2 N–H and O–H groups in total. The summed E-state index contributed by atoms with van der Waals surface area (Å²) < 4.78 is 0. The van der Waals surface area contributed by atoms with Gasteiger partial charge in [-0.3, -0.25) is 4.79 Å². The standard InChI is InChI=1S/C10H15N5O/c1-14-3-2-4-15(6-10(14)16)9-5-8(11)12-7-13-9/h5,7H,2-4,6H2,1H3,(H2,11,12,13). The van der Waals surface area contributed by atoms with Crippen molar-refractivity contribution in [2.24, 2.45) is 0 Å². The lowest BCUT2D eigenvalue weighted by Gasteiger charge is -2.20. The average molecular weight is 221 g/mol. The first kappa shape index (κ1) is 10.7. The van der Waals surface area contributed by atoms with E-state index >= 15 is 0 Å². The van der Waals surface area contributed by atoms with E-state index in [0.29, 0.717) is 12.4 Å². The minimum atomic E-state index is 0.106. The quantitative estimate of drug-likeness (QED) is 0.706. The van der Waals surface area contributed by atoms with Gasteiger partial charge in [0.05, 0.1) is 6.54 Å². The molecule has 0 radical (unpaired) electrons. The van der Waals surface area contributed by atoms with E-state index in [1.165, 1.54) is 6.33 Å². The Kier molecular flexibility index (Phi) is 2.89. The maximum Gasteiger partial charge on any atom is 0.241 e. The van der Waals surface area contributed by atoms with Crippen LogP contribution in [0, 0.1) is 0 Å². The van der Waals surface area contributed by atoms with Gasteiger partial charge < -0.3 is 15.5 Å². The molecule has 6 heteroatoms. The Labute approximate surface area is 94.1 Å². The average Bonchev–Trinajstić information content (AvgIpc) is 2.42. The predicted octanol–water partition coefficient (Wildman–Crippen LogP) is -0.273. The van der Waals surface area contributed by atoms with Gasteiger partial charge in [0, 0.05) is 26.2 Å². The molecule has 1 fully saturated rings. The van der Waals surface area contributed by atoms with Crippen molar-refractivity contribution in [2.75, 3.05) is 37.3 Å². The topological polar surface area (TPSA) is 75.3 Å². The van der Waals surface area contributed by atoms with Gasteiger partial charge in [0.15, 0.2) is 0 Å². The van der Waals surface area contributed by atoms with Crippen LogP contribution in [0.3, 0.4) is 0 Å². The van der Waals surface area contributed by atoms with E-state index in [1.54, 1.807) is 11.0 Å². The van der Waals surface area contributed by atoms with Crippen LogP contribution in [-0.4, -0.2) is 47.5 Å². The van der Waals surface area contributed by atoms with Crippen LogP contribution < -0.4 is 10.6 Å². The zero-order valence-electron chi connectivity index (χ0n) is 9.26. The number of likely N-dealkylation sites (N-methyl/N-ethyl adjacent to an activating group) is 1. The highest BCUT2D eigenvalue weighted by Crippen LogP contribution is 2.14. The predicted molar refractivity (Wildman–Crippen MR) is 60.9 cm³/mol. The van der Waals surface area contributed by atoms with Gasteiger partial charge in [-0.15, -0.1) is 0 Å². The van der Waals surface area contributed by atoms with Crippen LogP contribution in [0.5, 0.6) is 0 Å². The molecular formula is C10H15N5O. The van der Waals surface area contributed by atoms with E-state index in [2.05, 4.69) is 9.97 Å². The minimum Gasteiger partial charge on any atom is -0.384 e. The maximum atomic E-state index is 11.7. The fourth-order valence-corrected chi connectivity index (χ4v) is 1.72. The second-order valence-corrected chi connectivity index (χ2v) is 3.89. The van der Waals surface area contributed by atoms with Crippen LogP contribution in [0.2, 0.25) is 0 Å². The molecule has 0 aliphatic carbocycles. The molecule has 1 aliphatic rings. The zero-order valence-corrected chi connectivity index (χ0v) is 9.26. The lowest BCUT2D eigenvalue weighted by molar-refractivity contribution is -0.127. The molecule has 1 amide bonds. The van der Waals surface area contributed by atoms with Gasteiger partial charge in [0.1, 0.15) is 18.0 Å². The van der Waals surface area contributed by atoms with Crippen LogP contribution in [0.1, 0.15) is 6.42 Å². The first-order chi connectivity index (χ1) is 7.66. The molecule has 0 aromatic carbocycles. The van der Waals surface area contributed by atoms with Crippen molar-refractivity contribution in [1.29, 1.82) is 0 Å². The number of carbonyl (C=O) groups excluding carboxylic acids is 1. The fraction of sp³-hybridized carbons (Fsp3) is 0.500. The normalized spacial score (nSPS) is 17.4. The number of amides is 1. The van der Waals surface area contributed by atoms with Gasteiger partial charge in [0.25, 0.3) is 0 Å². The van der Waals surface area contributed by atoms with Gasteiger partial charge in [-0.1, -0.05) is 0 Å². The van der Waals surface area contributed by atoms with Crippen LogP contribution in [0.25, 0.3) is 0 Å². The van der Waals surface area contributed by atoms with Crippen LogP contribution >= 0.6 is 0 Å². The molecule has 86 valence electrons. The summed E-state index contributed by atoms with van der Waals surface area (Å²) in [5.74, 6) is 1.25. The smallest absolute Gasteiger partial charge is 0.241 e. The highest BCUT2D eigenvalue weighted by atomic mass is 16.2. The van der Waals surface area contributed by atoms with Crippen molar-refractivity contribution < 1.29 is 4.79 Å². The van der Waals surface area contributed by atoms with Crippen molar-refractivity contribution in [1.82, 2.24) is 14.9 Å². The van der Waals surface area contributed by atoms with Gasteiger partial charge in [-0.2, -0.15) is 0 Å². The molecule has 0 atom stereocenters. The number of anilines is 2. The first-order valence-corrected chi connectivity index (χ1v) is 5.23. The molecule has 6 nitrogen and oxygen atoms in total. The fourth-order valence-electron chi connectivity index (χ4n) is 1.72. The lowest BCUT2D eigenvalue weighted by Crippen LogP contribution is -2.34. The Morgan fingerprint density at radius 1 is 1.38 bits per heavy atom. The summed E-state index contributed by atoms with van der Waals surface area (Å²) in [6.07, 6.45) is 2.36. The zero-order chi connectivity index (χ0) is 11.5. The minimum absolute atomic E-state index is 0.106. The van der Waals surface area contributed by atoms with Crippen molar-refractivity contribution in [3.63, 3.8) is 0 Å². The highest BCUT2D eigenvalue weighted by Gasteiger charge is 2.19. The van der Waals surface area contributed by atoms with Gasteiger partial charge in [-0.25, -0.2) is 9.97 Å². The number of hydrogen-bond donors (Lipinski definition) is 1. The molecule has 16 heavy (non-hydrogen) atoms. The molecule has 0 saturated carbocycles. The van der Waals surface area contributed by atoms with Crippen molar-refractivity contribution >= 4 is 17.5 Å². The largest absolute Gasteiger partial charge is 0.384 e. The molecule has 2 heterocycles. The van der Waals surface area contributed by atoms with Crippen LogP contribution in [-0.2, 0) is 4.79 Å². The molecule has 0 unspecified atom stereocenters. The third-order valence-corrected chi connectivity index (χ3v) is 2.67. The maximum absolute atomic E-state index is 11.7. The van der Waals surface area contributed by atoms with E-state index in [1.807, 2.05) is 11.9 Å². The van der Waals surface area contributed by atoms with Gasteiger partial charge in [0.2, 0.25) is 5.91 Å². The van der Waals surface area contributed by atoms with E-state index in [0.717, 1.165) is 25.3 Å². The summed E-state index contributed by atoms with van der Waals surface area (Å²) in [6.45, 7) is 1.95. The number of nitrogen functional groups attached to an aromatic ring is 1. The second-order valence-electron chi connectivity index (χ2n) is 3.89. The molecule has 1 aromatic rings. The van der Waals surface area contributed by atoms with Crippen molar-refractivity contribution in [3.8, 4) is 0 Å². The van der Waals surface area contributed by atoms with E-state index in [-0.39, 0.29) is 5.91 Å². The number of hydrogen-bond acceptors (Lipinski definition) is 5. The molecule has 0 bridgehead atoms. The van der Waals surface area contributed by atoms with E-state index in [9.17, 15) is 4.79 Å². The molecule has 2 rings (SSSR count). The van der Waals surface area contributed by atoms with E-state index < -0.39 is 0 Å². The highest BCUT2D eigenvalue weighted by molar-refractivity contribution is 5.81. The van der Waals surface area contributed by atoms with Crippen LogP contribution in [0.4, 0.5) is 11.6 Å². The Morgan fingerprint density at radius 2 is 2.19 bits per heavy atom. The summed E-state index contributed by atoms with van der Waals surface area (Å²) >= 11 is 0. The SMILES string of the molecule is CN1CCCN(c2cc(N)ncn2)CC1=O. The Hall–Kier alpha value is -1.85. The summed E-state index contributed by atoms with van der Waals surface area (Å²) in [6, 6.07) is 1.69. The number of nitrogens with zero attached hydrogens (tertiary/aromatic N) is 4. The second kappa shape index (κ2) is 4.34. The first-order valence-electron chi connectivity index (χ1n) is 5.23. The monoisotopic (exact) mass is 221 g/mol. The summed E-state index contributed by atoms with van der Waals surface area (Å²) in [4.78, 5) is 23.3. The van der Waals surface area contributed by atoms with Crippen LogP contribution in [0.15, 0.2) is 12.4 Å². The van der Waals surface area contributed by atoms with Gasteiger partial charge >= 0.3 is 0 Å². The Bertz CT molecular complexity index is 395. The van der Waals surface area contributed by atoms with Crippen molar-refractivity contribution in [2.45, 2.75) is 6.42 Å². The number of aromatic nitrogens is 2. The number of carbonyl (C=O) groups is 1. The Morgan fingerprint density at radius 3 is 2.94 bits per heavy atom. The van der Waals surface area contributed by atoms with E-state index in [4.69, 9.17) is 5.73 Å². The number of rotatable bonds is 1. The Balaban J connectivity index is 2.18.